The molecule has 0 radical (unpaired) electrons. The summed E-state index contributed by atoms with van der Waals surface area (Å²) >= 11 is 0. The Bertz CT molecular complexity index is 1130. The van der Waals surface area contributed by atoms with Crippen LogP contribution < -0.4 is 10.6 Å². The van der Waals surface area contributed by atoms with Gasteiger partial charge in [0, 0.05) is 19.6 Å². The van der Waals surface area contributed by atoms with Crippen molar-refractivity contribution in [2.24, 2.45) is 0 Å². The minimum absolute atomic E-state index is 0.0285. The summed E-state index contributed by atoms with van der Waals surface area (Å²) < 4.78 is 38.2. The number of amides is 2. The van der Waals surface area contributed by atoms with Gasteiger partial charge >= 0.3 is 0 Å². The summed E-state index contributed by atoms with van der Waals surface area (Å²) in [5.41, 5.74) is 0.0740. The molecule has 10 nitrogen and oxygen atoms in total. The highest BCUT2D eigenvalue weighted by Crippen LogP contribution is 2.21. The Morgan fingerprint density at radius 3 is 2.76 bits per heavy atom. The molecule has 1 saturated heterocycles. The Kier molecular flexibility index (Phi) is 8.81. The average Bonchev–Trinajstić information content (AvgIpc) is 3.40. The van der Waals surface area contributed by atoms with Gasteiger partial charge in [-0.15, -0.1) is 0 Å². The quantitative estimate of drug-likeness (QED) is 0.518. The van der Waals surface area contributed by atoms with Crippen molar-refractivity contribution in [3.8, 4) is 6.07 Å². The number of sulfonamides is 1. The molecule has 1 aliphatic rings. The Hall–Kier alpha value is -3.20. The molecule has 0 saturated carbocycles. The minimum atomic E-state index is -3.89. The maximum Gasteiger partial charge on any atom is 0.287 e. The number of hydrogen-bond donors (Lipinski definition) is 2. The molecule has 2 aromatic rings. The van der Waals surface area contributed by atoms with Crippen LogP contribution in [0, 0.1) is 11.3 Å². The first-order valence-corrected chi connectivity index (χ1v) is 12.5. The van der Waals surface area contributed by atoms with Gasteiger partial charge in [-0.05, 0) is 30.7 Å². The van der Waals surface area contributed by atoms with E-state index in [0.717, 1.165) is 12.8 Å². The number of furan rings is 1. The molecular formula is C23H28N4O6S. The average molecular weight is 489 g/mol. The van der Waals surface area contributed by atoms with Crippen molar-refractivity contribution in [2.45, 2.75) is 43.2 Å². The molecular weight excluding hydrogens is 460 g/mol. The van der Waals surface area contributed by atoms with Gasteiger partial charge in [-0.25, -0.2) is 8.42 Å². The molecule has 1 aromatic heterocycles. The van der Waals surface area contributed by atoms with Gasteiger partial charge in [-0.3, -0.25) is 9.59 Å². The number of nitriles is 1. The Morgan fingerprint density at radius 2 is 2.06 bits per heavy atom. The predicted molar refractivity (Wildman–Crippen MR) is 122 cm³/mol. The van der Waals surface area contributed by atoms with Gasteiger partial charge in [0.25, 0.3) is 5.91 Å². The largest absolute Gasteiger partial charge is 0.459 e. The van der Waals surface area contributed by atoms with Gasteiger partial charge in [-0.2, -0.15) is 9.57 Å². The second-order valence-electron chi connectivity index (χ2n) is 7.85. The number of carbonyl (C=O) groups is 2. The number of carbonyl (C=O) groups excluding carboxylic acids is 2. The second-order valence-corrected chi connectivity index (χ2v) is 9.76. The zero-order valence-corrected chi connectivity index (χ0v) is 19.7. The van der Waals surface area contributed by atoms with Crippen molar-refractivity contribution in [1.29, 1.82) is 5.26 Å². The predicted octanol–water partition coefficient (Wildman–Crippen LogP) is 1.65. The highest BCUT2D eigenvalue weighted by molar-refractivity contribution is 7.89. The molecule has 11 heteroatoms. The molecule has 2 atom stereocenters. The number of ether oxygens (including phenoxy) is 1. The standard InChI is InChI=1S/C23H28N4O6S/c1-2-3-8-19(26-23(29)20-9-6-12-33-20)22(28)25-15-18-16-27(11-13-32-18)34(30,31)21-10-5-4-7-17(21)14-24/h4-7,9-10,12,18-19H,2-3,8,11,13,15-16H2,1H3,(H,25,28)(H,26,29)/t18?,19-/m0/s1. The fourth-order valence-electron chi connectivity index (χ4n) is 3.61. The maximum absolute atomic E-state index is 13.1. The van der Waals surface area contributed by atoms with Crippen molar-refractivity contribution in [2.75, 3.05) is 26.2 Å². The normalized spacial score (nSPS) is 17.5. The van der Waals surface area contributed by atoms with Crippen LogP contribution in [0.3, 0.4) is 0 Å². The molecule has 0 bridgehead atoms. The molecule has 34 heavy (non-hydrogen) atoms. The number of nitrogens with zero attached hydrogens (tertiary/aromatic N) is 2. The molecule has 1 fully saturated rings. The summed E-state index contributed by atoms with van der Waals surface area (Å²) in [5, 5.41) is 14.7. The summed E-state index contributed by atoms with van der Waals surface area (Å²) in [6.07, 6.45) is 2.84. The monoisotopic (exact) mass is 488 g/mol. The van der Waals surface area contributed by atoms with E-state index < -0.39 is 28.1 Å². The van der Waals surface area contributed by atoms with Crippen LogP contribution in [-0.2, 0) is 19.6 Å². The third-order valence-corrected chi connectivity index (χ3v) is 7.37. The van der Waals surface area contributed by atoms with Gasteiger partial charge in [0.05, 0.1) is 29.4 Å². The van der Waals surface area contributed by atoms with E-state index >= 15 is 0 Å². The summed E-state index contributed by atoms with van der Waals surface area (Å²) in [5.74, 6) is -0.751. The van der Waals surface area contributed by atoms with Gasteiger partial charge < -0.3 is 19.8 Å². The number of hydrogen-bond acceptors (Lipinski definition) is 7. The Labute approximate surface area is 198 Å². The number of benzene rings is 1. The minimum Gasteiger partial charge on any atom is -0.459 e. The van der Waals surface area contributed by atoms with Crippen LogP contribution in [0.5, 0.6) is 0 Å². The first-order valence-electron chi connectivity index (χ1n) is 11.1. The maximum atomic E-state index is 13.1. The van der Waals surface area contributed by atoms with Crippen LogP contribution in [0.2, 0.25) is 0 Å². The molecule has 182 valence electrons. The van der Waals surface area contributed by atoms with E-state index in [2.05, 4.69) is 10.6 Å². The highest BCUT2D eigenvalue weighted by Gasteiger charge is 2.33. The van der Waals surface area contributed by atoms with E-state index in [9.17, 15) is 23.3 Å². The Balaban J connectivity index is 1.61. The van der Waals surface area contributed by atoms with E-state index in [4.69, 9.17) is 9.15 Å². The van der Waals surface area contributed by atoms with Crippen molar-refractivity contribution >= 4 is 21.8 Å². The fourth-order valence-corrected chi connectivity index (χ4v) is 5.21. The van der Waals surface area contributed by atoms with Gasteiger partial charge in [0.1, 0.15) is 12.1 Å². The second kappa shape index (κ2) is 11.8. The zero-order chi connectivity index (χ0) is 24.6. The van der Waals surface area contributed by atoms with Crippen LogP contribution >= 0.6 is 0 Å². The molecule has 2 heterocycles. The van der Waals surface area contributed by atoms with Gasteiger partial charge in [0.15, 0.2) is 5.76 Å². The van der Waals surface area contributed by atoms with Crippen LogP contribution in [0.4, 0.5) is 0 Å². The van der Waals surface area contributed by atoms with Crippen molar-refractivity contribution in [3.63, 3.8) is 0 Å². The van der Waals surface area contributed by atoms with Crippen molar-refractivity contribution < 1.29 is 27.2 Å². The summed E-state index contributed by atoms with van der Waals surface area (Å²) in [6, 6.07) is 10.3. The van der Waals surface area contributed by atoms with Crippen molar-refractivity contribution in [3.05, 3.63) is 54.0 Å². The van der Waals surface area contributed by atoms with Crippen LogP contribution in [-0.4, -0.2) is 62.9 Å². The molecule has 0 aliphatic carbocycles. The number of nitrogens with one attached hydrogen (secondary N) is 2. The summed E-state index contributed by atoms with van der Waals surface area (Å²) in [4.78, 5) is 25.1. The fraction of sp³-hybridized carbons (Fsp3) is 0.435. The first-order chi connectivity index (χ1) is 16.4. The van der Waals surface area contributed by atoms with Gasteiger partial charge in [-0.1, -0.05) is 31.9 Å². The van der Waals surface area contributed by atoms with E-state index in [1.165, 1.54) is 28.8 Å². The lowest BCUT2D eigenvalue weighted by molar-refractivity contribution is -0.124. The van der Waals surface area contributed by atoms with E-state index in [1.54, 1.807) is 18.2 Å². The third kappa shape index (κ3) is 6.22. The van der Waals surface area contributed by atoms with Gasteiger partial charge in [0.2, 0.25) is 15.9 Å². The molecule has 1 unspecified atom stereocenters. The zero-order valence-electron chi connectivity index (χ0n) is 18.9. The topological polar surface area (TPSA) is 142 Å². The molecule has 1 aromatic carbocycles. The Morgan fingerprint density at radius 1 is 1.26 bits per heavy atom. The lowest BCUT2D eigenvalue weighted by Crippen LogP contribution is -2.52. The summed E-state index contributed by atoms with van der Waals surface area (Å²) in [6.45, 7) is 2.39. The van der Waals surface area contributed by atoms with E-state index in [1.807, 2.05) is 13.0 Å². The lowest BCUT2D eigenvalue weighted by Gasteiger charge is -2.32. The third-order valence-electron chi connectivity index (χ3n) is 5.44. The van der Waals surface area contributed by atoms with E-state index in [-0.39, 0.29) is 48.4 Å². The smallest absolute Gasteiger partial charge is 0.287 e. The van der Waals surface area contributed by atoms with Crippen LogP contribution in [0.15, 0.2) is 52.0 Å². The SMILES string of the molecule is CCCC[C@H](NC(=O)c1ccco1)C(=O)NCC1CN(S(=O)(=O)c2ccccc2C#N)CCO1. The summed E-state index contributed by atoms with van der Waals surface area (Å²) in [7, 11) is -3.89. The van der Waals surface area contributed by atoms with Crippen LogP contribution in [0.25, 0.3) is 0 Å². The lowest BCUT2D eigenvalue weighted by atomic mass is 10.1. The number of morpholine rings is 1. The highest BCUT2D eigenvalue weighted by atomic mass is 32.2. The number of unbranched alkanes of at least 4 members (excludes halogenated alkanes) is 1. The van der Waals surface area contributed by atoms with E-state index in [0.29, 0.717) is 6.42 Å². The molecule has 3 rings (SSSR count). The molecule has 1 aliphatic heterocycles. The molecule has 0 spiro atoms. The first kappa shape index (κ1) is 25.4. The molecule has 2 N–H and O–H groups in total. The number of rotatable bonds is 10. The van der Waals surface area contributed by atoms with Crippen LogP contribution in [0.1, 0.15) is 42.3 Å². The molecule has 2 amide bonds. The van der Waals surface area contributed by atoms with Crippen molar-refractivity contribution in [1.82, 2.24) is 14.9 Å².